The Kier molecular flexibility index (Phi) is 4.54. The third-order valence-corrected chi connectivity index (χ3v) is 5.56. The first kappa shape index (κ1) is 16.0. The second kappa shape index (κ2) is 6.80. The maximum Gasteiger partial charge on any atom is 0.358 e. The maximum absolute atomic E-state index is 12.4. The molecular formula is C17H21BrN4O2. The molecule has 0 radical (unpaired) electrons. The van der Waals surface area contributed by atoms with Crippen molar-refractivity contribution in [3.05, 3.63) is 28.6 Å². The molecule has 2 atom stereocenters. The minimum absolute atomic E-state index is 0.317. The summed E-state index contributed by atoms with van der Waals surface area (Å²) in [6.45, 7) is 2.88. The van der Waals surface area contributed by atoms with E-state index >= 15 is 0 Å². The van der Waals surface area contributed by atoms with E-state index < -0.39 is 0 Å². The van der Waals surface area contributed by atoms with Crippen LogP contribution in [0.2, 0.25) is 0 Å². The highest BCUT2D eigenvalue weighted by Crippen LogP contribution is 2.31. The van der Waals surface area contributed by atoms with Crippen LogP contribution in [-0.4, -0.2) is 51.2 Å². The Morgan fingerprint density at radius 1 is 1.29 bits per heavy atom. The molecule has 7 heteroatoms. The van der Waals surface area contributed by atoms with Gasteiger partial charge in [0, 0.05) is 30.4 Å². The summed E-state index contributed by atoms with van der Waals surface area (Å²) in [5.74, 6) is 0.0943. The van der Waals surface area contributed by atoms with Gasteiger partial charge in [0.1, 0.15) is 0 Å². The van der Waals surface area contributed by atoms with Gasteiger partial charge >= 0.3 is 5.97 Å². The quantitative estimate of drug-likeness (QED) is 0.751. The van der Waals surface area contributed by atoms with Crippen molar-refractivity contribution in [2.24, 2.45) is 5.92 Å². The van der Waals surface area contributed by atoms with Crippen LogP contribution >= 0.6 is 15.9 Å². The zero-order chi connectivity index (χ0) is 16.5. The molecule has 0 N–H and O–H groups in total. The number of aromatic nitrogens is 3. The summed E-state index contributed by atoms with van der Waals surface area (Å²) in [4.78, 5) is 19.2. The molecule has 0 amide bonds. The number of carbonyl (C=O) groups excluding carboxylic acids is 1. The van der Waals surface area contributed by atoms with Crippen LogP contribution in [0.5, 0.6) is 0 Å². The van der Waals surface area contributed by atoms with Gasteiger partial charge in [0.2, 0.25) is 0 Å². The maximum atomic E-state index is 12.4. The summed E-state index contributed by atoms with van der Waals surface area (Å²) in [6, 6.07) is 2.25. The predicted molar refractivity (Wildman–Crippen MR) is 92.9 cm³/mol. The molecule has 0 aromatic carbocycles. The van der Waals surface area contributed by atoms with Crippen LogP contribution in [0.1, 0.15) is 42.6 Å². The number of ether oxygens (including phenoxy) is 1. The lowest BCUT2D eigenvalue weighted by atomic mass is 9.84. The highest BCUT2D eigenvalue weighted by Gasteiger charge is 2.33. The molecular weight excluding hydrogens is 372 g/mol. The summed E-state index contributed by atoms with van der Waals surface area (Å²) in [5.41, 5.74) is 0.957. The highest BCUT2D eigenvalue weighted by atomic mass is 79.9. The normalized spacial score (nSPS) is 24.7. The van der Waals surface area contributed by atoms with Crippen molar-refractivity contribution in [3.8, 4) is 0 Å². The Labute approximate surface area is 149 Å². The van der Waals surface area contributed by atoms with E-state index in [9.17, 15) is 4.79 Å². The van der Waals surface area contributed by atoms with E-state index in [0.29, 0.717) is 29.9 Å². The van der Waals surface area contributed by atoms with Gasteiger partial charge in [-0.2, -0.15) is 5.10 Å². The molecule has 4 rings (SSSR count). The highest BCUT2D eigenvalue weighted by molar-refractivity contribution is 9.10. The van der Waals surface area contributed by atoms with Gasteiger partial charge in [0.25, 0.3) is 0 Å². The van der Waals surface area contributed by atoms with E-state index in [4.69, 9.17) is 4.74 Å². The molecule has 2 unspecified atom stereocenters. The van der Waals surface area contributed by atoms with Gasteiger partial charge in [-0.3, -0.25) is 4.90 Å². The smallest absolute Gasteiger partial charge is 0.358 e. The third kappa shape index (κ3) is 3.19. The van der Waals surface area contributed by atoms with Crippen molar-refractivity contribution in [2.75, 3.05) is 19.7 Å². The van der Waals surface area contributed by atoms with Gasteiger partial charge in [-0.05, 0) is 54.7 Å². The minimum Gasteiger partial charge on any atom is -0.461 e. The molecule has 2 saturated heterocycles. The van der Waals surface area contributed by atoms with E-state index in [0.717, 1.165) is 10.9 Å². The minimum atomic E-state index is -0.357. The van der Waals surface area contributed by atoms with Crippen molar-refractivity contribution in [2.45, 2.75) is 38.1 Å². The largest absolute Gasteiger partial charge is 0.461 e. The number of hydrogen-bond acceptors (Lipinski definition) is 5. The molecule has 0 aliphatic carbocycles. The molecule has 0 saturated carbocycles. The van der Waals surface area contributed by atoms with E-state index in [-0.39, 0.29) is 5.97 Å². The van der Waals surface area contributed by atoms with Crippen molar-refractivity contribution >= 4 is 27.5 Å². The summed E-state index contributed by atoms with van der Waals surface area (Å²) in [6.07, 6.45) is 9.63. The van der Waals surface area contributed by atoms with Crippen LogP contribution in [0, 0.1) is 5.92 Å². The topological polar surface area (TPSA) is 59.7 Å². The van der Waals surface area contributed by atoms with E-state index in [1.807, 2.05) is 0 Å². The van der Waals surface area contributed by atoms with Crippen LogP contribution in [0.15, 0.2) is 22.9 Å². The standard InChI is InChI=1S/C17H21BrN4O2/c18-13-9-19-16-8-14(20-22(16)10-13)17(23)24-11-12-4-3-7-21-6-2-1-5-15(12)21/h8-10,12,15H,1-7,11H2. The second-order valence-corrected chi connectivity index (χ2v) is 7.62. The first-order chi connectivity index (χ1) is 11.7. The molecule has 4 heterocycles. The fourth-order valence-corrected chi connectivity index (χ4v) is 4.28. The molecule has 24 heavy (non-hydrogen) atoms. The predicted octanol–water partition coefficient (Wildman–Crippen LogP) is 2.91. The first-order valence-corrected chi connectivity index (χ1v) is 9.42. The summed E-state index contributed by atoms with van der Waals surface area (Å²) in [7, 11) is 0. The lowest BCUT2D eigenvalue weighted by Crippen LogP contribution is -2.49. The lowest BCUT2D eigenvalue weighted by molar-refractivity contribution is 0.00700. The van der Waals surface area contributed by atoms with Gasteiger partial charge in [-0.15, -0.1) is 0 Å². The SMILES string of the molecule is O=C(OCC1CCCN2CCCCC12)c1cc2ncc(Br)cn2n1. The fourth-order valence-electron chi connectivity index (χ4n) is 3.98. The fraction of sp³-hybridized carbons (Fsp3) is 0.588. The van der Waals surface area contributed by atoms with Crippen molar-refractivity contribution in [1.29, 1.82) is 0 Å². The van der Waals surface area contributed by atoms with E-state index in [1.165, 1.54) is 38.8 Å². The summed E-state index contributed by atoms with van der Waals surface area (Å²) in [5, 5.41) is 4.26. The van der Waals surface area contributed by atoms with Gasteiger partial charge in [0.05, 0.1) is 11.1 Å². The molecule has 2 fully saturated rings. The molecule has 2 aliphatic rings. The monoisotopic (exact) mass is 392 g/mol. The third-order valence-electron chi connectivity index (χ3n) is 5.15. The number of hydrogen-bond donors (Lipinski definition) is 0. The molecule has 128 valence electrons. The van der Waals surface area contributed by atoms with Crippen molar-refractivity contribution in [1.82, 2.24) is 19.5 Å². The van der Waals surface area contributed by atoms with Crippen LogP contribution < -0.4 is 0 Å². The van der Waals surface area contributed by atoms with Gasteiger partial charge in [0.15, 0.2) is 11.3 Å². The average molecular weight is 393 g/mol. The number of carbonyl (C=O) groups is 1. The molecule has 0 spiro atoms. The van der Waals surface area contributed by atoms with Crippen LogP contribution in [0.3, 0.4) is 0 Å². The number of rotatable bonds is 3. The van der Waals surface area contributed by atoms with Gasteiger partial charge in [-0.25, -0.2) is 14.3 Å². The molecule has 2 aliphatic heterocycles. The number of fused-ring (bicyclic) bond motifs is 2. The Morgan fingerprint density at radius 2 is 2.17 bits per heavy atom. The van der Waals surface area contributed by atoms with Crippen molar-refractivity contribution in [3.63, 3.8) is 0 Å². The van der Waals surface area contributed by atoms with Crippen LogP contribution in [0.4, 0.5) is 0 Å². The zero-order valence-electron chi connectivity index (χ0n) is 13.5. The number of piperidine rings is 2. The Bertz CT molecular complexity index is 745. The molecule has 0 bridgehead atoms. The van der Waals surface area contributed by atoms with Crippen molar-refractivity contribution < 1.29 is 9.53 Å². The lowest BCUT2D eigenvalue weighted by Gasteiger charge is -2.44. The number of nitrogens with zero attached hydrogens (tertiary/aromatic N) is 4. The Hall–Kier alpha value is -1.47. The number of esters is 1. The van der Waals surface area contributed by atoms with E-state index in [1.54, 1.807) is 23.0 Å². The van der Waals surface area contributed by atoms with Gasteiger partial charge < -0.3 is 4.74 Å². The first-order valence-electron chi connectivity index (χ1n) is 8.63. The molecule has 2 aromatic rings. The zero-order valence-corrected chi connectivity index (χ0v) is 15.1. The molecule has 2 aromatic heterocycles. The van der Waals surface area contributed by atoms with Gasteiger partial charge in [-0.1, -0.05) is 6.42 Å². The Balaban J connectivity index is 1.41. The van der Waals surface area contributed by atoms with E-state index in [2.05, 4.69) is 30.9 Å². The molecule has 6 nitrogen and oxygen atoms in total. The number of halogens is 1. The summed E-state index contributed by atoms with van der Waals surface area (Å²) < 4.78 is 8.00. The van der Waals surface area contributed by atoms with Crippen LogP contribution in [0.25, 0.3) is 5.65 Å². The Morgan fingerprint density at radius 3 is 3.08 bits per heavy atom. The van der Waals surface area contributed by atoms with Crippen LogP contribution in [-0.2, 0) is 4.74 Å². The summed E-state index contributed by atoms with van der Waals surface area (Å²) >= 11 is 3.35. The second-order valence-electron chi connectivity index (χ2n) is 6.70. The average Bonchev–Trinajstić information content (AvgIpc) is 3.03.